The van der Waals surface area contributed by atoms with Crippen LogP contribution in [0, 0.1) is 0 Å². The highest BCUT2D eigenvalue weighted by molar-refractivity contribution is 5.97. The van der Waals surface area contributed by atoms with Crippen molar-refractivity contribution in [3.8, 4) is 0 Å². The smallest absolute Gasteiger partial charge is 0.251 e. The van der Waals surface area contributed by atoms with Gasteiger partial charge in [-0.1, -0.05) is 43.7 Å². The number of benzene rings is 1. The van der Waals surface area contributed by atoms with Crippen molar-refractivity contribution in [1.29, 1.82) is 0 Å². The molecule has 0 aromatic heterocycles. The predicted molar refractivity (Wildman–Crippen MR) is 103 cm³/mol. The molecule has 2 unspecified atom stereocenters. The maximum absolute atomic E-state index is 12.8. The highest BCUT2D eigenvalue weighted by atomic mass is 16.2. The molecule has 1 aliphatic heterocycles. The summed E-state index contributed by atoms with van der Waals surface area (Å²) in [6.07, 6.45) is 9.00. The molecule has 0 saturated heterocycles. The van der Waals surface area contributed by atoms with Gasteiger partial charge in [0.1, 0.15) is 6.17 Å². The van der Waals surface area contributed by atoms with Crippen LogP contribution in [0.4, 0.5) is 0 Å². The number of carbonyl (C=O) groups excluding carboxylic acids is 1. The van der Waals surface area contributed by atoms with Gasteiger partial charge in [-0.15, -0.1) is 0 Å². The van der Waals surface area contributed by atoms with Crippen LogP contribution in [-0.4, -0.2) is 29.6 Å². The fraction of sp³-hybridized carbons (Fsp3) is 0.591. The summed E-state index contributed by atoms with van der Waals surface area (Å²) in [6, 6.07) is 11.1. The fourth-order valence-corrected chi connectivity index (χ4v) is 4.08. The van der Waals surface area contributed by atoms with Crippen LogP contribution in [-0.2, 0) is 11.2 Å². The normalized spacial score (nSPS) is 21.6. The van der Waals surface area contributed by atoms with Crippen LogP contribution in [0.2, 0.25) is 0 Å². The van der Waals surface area contributed by atoms with Crippen molar-refractivity contribution < 1.29 is 4.79 Å². The van der Waals surface area contributed by atoms with Crippen molar-refractivity contribution in [3.63, 3.8) is 0 Å². The van der Waals surface area contributed by atoms with Crippen molar-refractivity contribution >= 4 is 5.91 Å². The first-order valence-electron chi connectivity index (χ1n) is 10.0. The Hall–Kier alpha value is -1.61. The van der Waals surface area contributed by atoms with Gasteiger partial charge >= 0.3 is 0 Å². The first kappa shape index (κ1) is 18.2. The molecule has 1 aliphatic carbocycles. The van der Waals surface area contributed by atoms with E-state index in [0.29, 0.717) is 11.9 Å². The number of unbranched alkanes of at least 4 members (excludes halogenated alkanes) is 1. The van der Waals surface area contributed by atoms with Gasteiger partial charge in [-0.2, -0.15) is 0 Å². The van der Waals surface area contributed by atoms with Crippen LogP contribution in [0.1, 0.15) is 64.4 Å². The van der Waals surface area contributed by atoms with Gasteiger partial charge in [-0.25, -0.2) is 0 Å². The zero-order valence-corrected chi connectivity index (χ0v) is 15.8. The summed E-state index contributed by atoms with van der Waals surface area (Å²) in [5.74, 6) is 0.302. The molecular formula is C22H32N2O. The number of nitrogens with zero attached hydrogens (tertiary/aromatic N) is 1. The third-order valence-corrected chi connectivity index (χ3v) is 5.58. The molecule has 1 amide bonds. The van der Waals surface area contributed by atoms with Gasteiger partial charge in [-0.3, -0.25) is 10.1 Å². The molecule has 3 rings (SSSR count). The Labute approximate surface area is 152 Å². The average Bonchev–Trinajstić information content (AvgIpc) is 2.91. The summed E-state index contributed by atoms with van der Waals surface area (Å²) in [4.78, 5) is 15.0. The highest BCUT2D eigenvalue weighted by Gasteiger charge is 2.39. The van der Waals surface area contributed by atoms with Gasteiger partial charge in [0, 0.05) is 18.2 Å². The number of hydrogen-bond donors (Lipinski definition) is 1. The molecule has 0 spiro atoms. The number of rotatable bonds is 8. The molecule has 0 bridgehead atoms. The molecule has 1 heterocycles. The number of carbonyl (C=O) groups is 1. The van der Waals surface area contributed by atoms with E-state index in [4.69, 9.17) is 0 Å². The molecule has 0 fully saturated rings. The molecule has 136 valence electrons. The Morgan fingerprint density at radius 1 is 1.20 bits per heavy atom. The lowest BCUT2D eigenvalue weighted by Gasteiger charge is -2.31. The second-order valence-corrected chi connectivity index (χ2v) is 7.56. The molecule has 0 radical (unpaired) electrons. The average molecular weight is 341 g/mol. The number of nitrogens with one attached hydrogen (secondary N) is 1. The van der Waals surface area contributed by atoms with E-state index in [2.05, 4.69) is 54.4 Å². The third-order valence-electron chi connectivity index (χ3n) is 5.58. The molecule has 1 aromatic carbocycles. The Bertz CT molecular complexity index is 608. The topological polar surface area (TPSA) is 32.3 Å². The lowest BCUT2D eigenvalue weighted by Crippen LogP contribution is -2.49. The molecular weight excluding hydrogens is 308 g/mol. The Morgan fingerprint density at radius 2 is 1.96 bits per heavy atom. The first-order valence-corrected chi connectivity index (χ1v) is 10.0. The molecule has 2 aliphatic rings. The molecule has 2 atom stereocenters. The van der Waals surface area contributed by atoms with Gasteiger partial charge in [0.25, 0.3) is 5.91 Å². The van der Waals surface area contributed by atoms with Crippen molar-refractivity contribution in [2.24, 2.45) is 0 Å². The van der Waals surface area contributed by atoms with E-state index in [1.807, 2.05) is 0 Å². The van der Waals surface area contributed by atoms with Crippen molar-refractivity contribution in [2.75, 3.05) is 6.54 Å². The fourth-order valence-electron chi connectivity index (χ4n) is 4.08. The summed E-state index contributed by atoms with van der Waals surface area (Å²) < 4.78 is 0. The van der Waals surface area contributed by atoms with Gasteiger partial charge < -0.3 is 4.90 Å². The molecule has 3 nitrogen and oxygen atoms in total. The number of aryl methyl sites for hydroxylation is 1. The lowest BCUT2D eigenvalue weighted by atomic mass is 9.92. The molecule has 3 heteroatoms. The lowest BCUT2D eigenvalue weighted by molar-refractivity contribution is -0.127. The van der Waals surface area contributed by atoms with Crippen LogP contribution < -0.4 is 5.32 Å². The van der Waals surface area contributed by atoms with Gasteiger partial charge in [0.15, 0.2) is 0 Å². The van der Waals surface area contributed by atoms with Crippen LogP contribution >= 0.6 is 0 Å². The monoisotopic (exact) mass is 340 g/mol. The van der Waals surface area contributed by atoms with Gasteiger partial charge in [-0.05, 0) is 63.0 Å². The van der Waals surface area contributed by atoms with E-state index in [0.717, 1.165) is 50.6 Å². The summed E-state index contributed by atoms with van der Waals surface area (Å²) in [5, 5.41) is 3.78. The molecule has 1 N–H and O–H groups in total. The minimum Gasteiger partial charge on any atom is -0.319 e. The zero-order valence-electron chi connectivity index (χ0n) is 15.8. The van der Waals surface area contributed by atoms with Crippen molar-refractivity contribution in [3.05, 3.63) is 47.0 Å². The third kappa shape index (κ3) is 4.33. The van der Waals surface area contributed by atoms with Crippen LogP contribution in [0.3, 0.4) is 0 Å². The summed E-state index contributed by atoms with van der Waals surface area (Å²) >= 11 is 0. The second kappa shape index (κ2) is 8.66. The highest BCUT2D eigenvalue weighted by Crippen LogP contribution is 2.35. The predicted octanol–water partition coefficient (Wildman–Crippen LogP) is 4.44. The Balaban J connectivity index is 1.64. The van der Waals surface area contributed by atoms with Crippen LogP contribution in [0.5, 0.6) is 0 Å². The molecule has 0 saturated carbocycles. The minimum atomic E-state index is 0.139. The SMILES string of the molecule is CCCCN1C(=O)C2=C(CCCC2)C1NC(C)CCc1ccccc1. The van der Waals surface area contributed by atoms with E-state index in [9.17, 15) is 4.79 Å². The Kier molecular flexibility index (Phi) is 6.30. The van der Waals surface area contributed by atoms with Crippen molar-refractivity contribution in [1.82, 2.24) is 10.2 Å². The van der Waals surface area contributed by atoms with Gasteiger partial charge in [0.2, 0.25) is 0 Å². The first-order chi connectivity index (χ1) is 12.2. The van der Waals surface area contributed by atoms with E-state index >= 15 is 0 Å². The van der Waals surface area contributed by atoms with E-state index in [1.165, 1.54) is 24.0 Å². The maximum Gasteiger partial charge on any atom is 0.251 e. The standard InChI is InChI=1S/C22H32N2O/c1-3-4-16-24-21(19-12-8-9-13-20(19)22(24)25)23-17(2)14-15-18-10-6-5-7-11-18/h5-7,10-11,17,21,23H,3-4,8-9,12-16H2,1-2H3. The van der Waals surface area contributed by atoms with Gasteiger partial charge in [0.05, 0.1) is 0 Å². The van der Waals surface area contributed by atoms with Crippen molar-refractivity contribution in [2.45, 2.75) is 77.4 Å². The minimum absolute atomic E-state index is 0.139. The summed E-state index contributed by atoms with van der Waals surface area (Å²) in [7, 11) is 0. The number of hydrogen-bond acceptors (Lipinski definition) is 2. The molecule has 1 aromatic rings. The maximum atomic E-state index is 12.8. The van der Waals surface area contributed by atoms with Crippen LogP contribution in [0.25, 0.3) is 0 Å². The van der Waals surface area contributed by atoms with E-state index in [1.54, 1.807) is 0 Å². The van der Waals surface area contributed by atoms with E-state index in [-0.39, 0.29) is 6.17 Å². The summed E-state index contributed by atoms with van der Waals surface area (Å²) in [5.41, 5.74) is 3.90. The summed E-state index contributed by atoms with van der Waals surface area (Å²) in [6.45, 7) is 5.33. The number of amides is 1. The second-order valence-electron chi connectivity index (χ2n) is 7.56. The van der Waals surface area contributed by atoms with E-state index < -0.39 is 0 Å². The zero-order chi connectivity index (χ0) is 17.6. The largest absolute Gasteiger partial charge is 0.319 e. The van der Waals surface area contributed by atoms with Crippen LogP contribution in [0.15, 0.2) is 41.5 Å². The molecule has 25 heavy (non-hydrogen) atoms. The quantitative estimate of drug-likeness (QED) is 0.759. The Morgan fingerprint density at radius 3 is 2.72 bits per heavy atom.